The van der Waals surface area contributed by atoms with E-state index in [1.165, 1.54) is 46.7 Å². The Bertz CT molecular complexity index is 2260. The lowest BCUT2D eigenvalue weighted by Crippen LogP contribution is -2.30. The number of hydrogen-bond acceptors (Lipinski definition) is 10. The van der Waals surface area contributed by atoms with Crippen molar-refractivity contribution in [3.8, 4) is 11.5 Å². The van der Waals surface area contributed by atoms with Gasteiger partial charge < -0.3 is 30.3 Å². The normalized spacial score (nSPS) is 14.5. The summed E-state index contributed by atoms with van der Waals surface area (Å²) >= 11 is 12.3. The summed E-state index contributed by atoms with van der Waals surface area (Å²) in [7, 11) is 1.56. The number of anilines is 4. The van der Waals surface area contributed by atoms with Crippen LogP contribution >= 0.6 is 23.2 Å². The molecule has 6 aromatic rings. The number of piperidine rings is 2. The fourth-order valence-electron chi connectivity index (χ4n) is 6.57. The van der Waals surface area contributed by atoms with Crippen LogP contribution in [0.2, 0.25) is 10.0 Å². The van der Waals surface area contributed by atoms with Gasteiger partial charge in [-0.05, 0) is 74.9 Å². The maximum atomic E-state index is 12.9. The highest BCUT2D eigenvalue weighted by Crippen LogP contribution is 2.33. The van der Waals surface area contributed by atoms with E-state index in [1.54, 1.807) is 31.6 Å². The molecule has 0 bridgehead atoms. The van der Waals surface area contributed by atoms with Crippen molar-refractivity contribution >= 4 is 69.1 Å². The van der Waals surface area contributed by atoms with Crippen LogP contribution in [-0.4, -0.2) is 79.4 Å². The molecule has 2 fully saturated rings. The van der Waals surface area contributed by atoms with Gasteiger partial charge in [0.2, 0.25) is 0 Å². The smallest absolute Gasteiger partial charge is 0.261 e. The number of hydrogen-bond donors (Lipinski definition) is 3. The molecule has 274 valence electrons. The molecule has 2 aliphatic heterocycles. The molecule has 14 nitrogen and oxygen atoms in total. The molecule has 0 unspecified atom stereocenters. The molecular formula is C37H38Cl2N10O4. The number of rotatable bonds is 7. The van der Waals surface area contributed by atoms with Crippen molar-refractivity contribution in [1.29, 1.82) is 0 Å². The van der Waals surface area contributed by atoms with Gasteiger partial charge in [0.25, 0.3) is 11.8 Å². The summed E-state index contributed by atoms with van der Waals surface area (Å²) in [6.07, 6.45) is 15.9. The fraction of sp³-hybridized carbons (Fsp3) is 0.297. The topological polar surface area (TPSA) is 155 Å². The number of benzene rings is 2. The van der Waals surface area contributed by atoms with Crippen LogP contribution in [0.25, 0.3) is 11.3 Å². The summed E-state index contributed by atoms with van der Waals surface area (Å²) in [5.74, 6) is -0.0449. The number of nitrogens with zero attached hydrogens (tertiary/aromatic N) is 8. The summed E-state index contributed by atoms with van der Waals surface area (Å²) in [4.78, 5) is 38.6. The van der Waals surface area contributed by atoms with Gasteiger partial charge in [0.15, 0.2) is 22.8 Å². The van der Waals surface area contributed by atoms with Crippen LogP contribution in [0.3, 0.4) is 0 Å². The van der Waals surface area contributed by atoms with E-state index in [-0.39, 0.29) is 17.6 Å². The number of aromatic hydroxyl groups is 1. The van der Waals surface area contributed by atoms with Gasteiger partial charge >= 0.3 is 0 Å². The SMILES string of the molecule is COc1cnc2c(C(=O)Nc3cc(Cl)ccc3N3CCCCC3)cnn2c1.O=C(Nc1cc(Cl)ccc1N1CCCCC1)c1cnn2cc(O)cnc12. The molecule has 0 spiro atoms. The molecule has 2 aromatic carbocycles. The lowest BCUT2D eigenvalue weighted by Gasteiger charge is -2.30. The second kappa shape index (κ2) is 16.0. The van der Waals surface area contributed by atoms with Gasteiger partial charge in [-0.2, -0.15) is 10.2 Å². The third-order valence-corrected chi connectivity index (χ3v) is 9.68. The number of halogens is 2. The summed E-state index contributed by atoms with van der Waals surface area (Å²) in [6, 6.07) is 11.1. The minimum Gasteiger partial charge on any atom is -0.505 e. The number of aromatic nitrogens is 6. The fourth-order valence-corrected chi connectivity index (χ4v) is 6.91. The molecular weight excluding hydrogens is 719 g/mol. The van der Waals surface area contributed by atoms with E-state index in [0.29, 0.717) is 49.6 Å². The van der Waals surface area contributed by atoms with Crippen molar-refractivity contribution in [2.45, 2.75) is 38.5 Å². The molecule has 2 amide bonds. The molecule has 2 aliphatic rings. The van der Waals surface area contributed by atoms with Crippen LogP contribution in [0, 0.1) is 0 Å². The highest BCUT2D eigenvalue weighted by atomic mass is 35.5. The first-order chi connectivity index (χ1) is 25.8. The van der Waals surface area contributed by atoms with Crippen molar-refractivity contribution in [2.24, 2.45) is 0 Å². The first-order valence-electron chi connectivity index (χ1n) is 17.4. The van der Waals surface area contributed by atoms with Crippen molar-refractivity contribution in [3.63, 3.8) is 0 Å². The van der Waals surface area contributed by atoms with E-state index in [4.69, 9.17) is 27.9 Å². The Kier molecular flexibility index (Phi) is 10.8. The van der Waals surface area contributed by atoms with Crippen LogP contribution in [-0.2, 0) is 0 Å². The van der Waals surface area contributed by atoms with Gasteiger partial charge in [-0.1, -0.05) is 23.2 Å². The molecule has 0 atom stereocenters. The Morgan fingerprint density at radius 1 is 0.679 bits per heavy atom. The van der Waals surface area contributed by atoms with Gasteiger partial charge in [-0.25, -0.2) is 19.0 Å². The number of fused-ring (bicyclic) bond motifs is 2. The highest BCUT2D eigenvalue weighted by Gasteiger charge is 2.21. The lowest BCUT2D eigenvalue weighted by molar-refractivity contribution is 0.102. The van der Waals surface area contributed by atoms with Crippen molar-refractivity contribution in [1.82, 2.24) is 29.2 Å². The number of amides is 2. The number of carbonyl (C=O) groups is 2. The zero-order valence-corrected chi connectivity index (χ0v) is 30.5. The molecule has 4 aromatic heterocycles. The maximum absolute atomic E-state index is 12.9. The minimum absolute atomic E-state index is 0.0187. The van der Waals surface area contributed by atoms with E-state index in [9.17, 15) is 14.7 Å². The summed E-state index contributed by atoms with van der Waals surface area (Å²) in [5, 5.41) is 24.8. The van der Waals surface area contributed by atoms with E-state index in [2.05, 4.69) is 40.6 Å². The standard InChI is InChI=1S/C19H20ClN5O2.C18H18ClN5O2/c1-27-14-10-21-18-15(11-22-25(18)12-14)19(26)23-16-9-13(20)5-6-17(16)24-7-3-2-4-8-24;19-12-4-5-16(23-6-2-1-3-7-23)15(8-12)22-18(26)14-10-21-24-11-13(25)9-20-17(14)24/h5-6,9-12H,2-4,7-8H2,1H3,(H,23,26);4-5,8-11,25H,1-3,6-7H2,(H,22,26). The van der Waals surface area contributed by atoms with Gasteiger partial charge in [0.1, 0.15) is 11.1 Å². The molecule has 0 aliphatic carbocycles. The molecule has 0 saturated carbocycles. The van der Waals surface area contributed by atoms with Crippen LogP contribution in [0.1, 0.15) is 59.2 Å². The molecule has 6 heterocycles. The van der Waals surface area contributed by atoms with Crippen molar-refractivity contribution < 1.29 is 19.4 Å². The molecule has 0 radical (unpaired) electrons. The minimum atomic E-state index is -0.321. The van der Waals surface area contributed by atoms with Gasteiger partial charge in [0.05, 0.1) is 67.0 Å². The molecule has 16 heteroatoms. The second-order valence-electron chi connectivity index (χ2n) is 12.8. The number of carbonyl (C=O) groups excluding carboxylic acids is 2. The molecule has 53 heavy (non-hydrogen) atoms. The average molecular weight is 758 g/mol. The van der Waals surface area contributed by atoms with Crippen LogP contribution in [0.4, 0.5) is 22.7 Å². The molecule has 3 N–H and O–H groups in total. The average Bonchev–Trinajstić information content (AvgIpc) is 3.80. The maximum Gasteiger partial charge on any atom is 0.261 e. The Morgan fingerprint density at radius 2 is 1.15 bits per heavy atom. The van der Waals surface area contributed by atoms with Crippen molar-refractivity contribution in [3.05, 3.63) is 94.8 Å². The largest absolute Gasteiger partial charge is 0.505 e. The van der Waals surface area contributed by atoms with Gasteiger partial charge in [0, 0.05) is 36.2 Å². The zero-order valence-electron chi connectivity index (χ0n) is 29.0. The van der Waals surface area contributed by atoms with E-state index in [0.717, 1.165) is 63.2 Å². The zero-order chi connectivity index (χ0) is 36.9. The Morgan fingerprint density at radius 3 is 1.64 bits per heavy atom. The Labute approximate surface area is 315 Å². The lowest BCUT2D eigenvalue weighted by atomic mass is 10.1. The predicted molar refractivity (Wildman–Crippen MR) is 205 cm³/mol. The Hall–Kier alpha value is -5.60. The van der Waals surface area contributed by atoms with E-state index < -0.39 is 0 Å². The van der Waals surface area contributed by atoms with Crippen LogP contribution < -0.4 is 25.2 Å². The van der Waals surface area contributed by atoms with Gasteiger partial charge in [-0.15, -0.1) is 0 Å². The van der Waals surface area contributed by atoms with Crippen LogP contribution in [0.5, 0.6) is 11.5 Å². The predicted octanol–water partition coefficient (Wildman–Crippen LogP) is 6.96. The third-order valence-electron chi connectivity index (χ3n) is 9.21. The quantitative estimate of drug-likeness (QED) is 0.156. The second-order valence-corrected chi connectivity index (χ2v) is 13.7. The summed E-state index contributed by atoms with van der Waals surface area (Å²) in [6.45, 7) is 3.87. The molecule has 8 rings (SSSR count). The first-order valence-corrected chi connectivity index (χ1v) is 18.1. The highest BCUT2D eigenvalue weighted by molar-refractivity contribution is 6.31. The monoisotopic (exact) mass is 756 g/mol. The van der Waals surface area contributed by atoms with Crippen molar-refractivity contribution in [2.75, 3.05) is 53.7 Å². The molecule has 2 saturated heterocycles. The Balaban J connectivity index is 0.000000164. The number of methoxy groups -OCH3 is 1. The van der Waals surface area contributed by atoms with Crippen LogP contribution in [0.15, 0.2) is 73.6 Å². The summed E-state index contributed by atoms with van der Waals surface area (Å²) in [5.41, 5.74) is 4.88. The number of nitrogens with one attached hydrogen (secondary N) is 2. The third kappa shape index (κ3) is 8.08. The van der Waals surface area contributed by atoms with Gasteiger partial charge in [-0.3, -0.25) is 9.59 Å². The summed E-state index contributed by atoms with van der Waals surface area (Å²) < 4.78 is 8.03. The first kappa shape index (κ1) is 35.8. The van der Waals surface area contributed by atoms with E-state index >= 15 is 0 Å². The number of ether oxygens (including phenoxy) is 1. The van der Waals surface area contributed by atoms with E-state index in [1.807, 2.05) is 24.3 Å².